The van der Waals surface area contributed by atoms with E-state index in [1.54, 1.807) is 12.4 Å². The highest BCUT2D eigenvalue weighted by Crippen LogP contribution is 2.35. The van der Waals surface area contributed by atoms with Gasteiger partial charge in [0.15, 0.2) is 5.82 Å². The molecular weight excluding hydrogens is 292 g/mol. The second-order valence-electron chi connectivity index (χ2n) is 5.96. The van der Waals surface area contributed by atoms with Gasteiger partial charge in [-0.2, -0.15) is 0 Å². The zero-order valence-electron chi connectivity index (χ0n) is 12.9. The first-order valence-electron chi connectivity index (χ1n) is 7.81. The third kappa shape index (κ3) is 2.48. The molecule has 4 rings (SSSR count). The van der Waals surface area contributed by atoms with Gasteiger partial charge in [0, 0.05) is 24.7 Å². The molecule has 7 heteroatoms. The maximum absolute atomic E-state index is 12.3. The number of hydrogen-bond donors (Lipinski definition) is 1. The predicted molar refractivity (Wildman–Crippen MR) is 84.0 cm³/mol. The van der Waals surface area contributed by atoms with Gasteiger partial charge < -0.3 is 14.3 Å². The molecule has 7 nitrogen and oxygen atoms in total. The Morgan fingerprint density at radius 2 is 2.26 bits per heavy atom. The lowest BCUT2D eigenvalue weighted by molar-refractivity contribution is 0.0944. The molecule has 0 bridgehead atoms. The average Bonchev–Trinajstić information content (AvgIpc) is 3.10. The van der Waals surface area contributed by atoms with Crippen molar-refractivity contribution in [2.75, 3.05) is 0 Å². The molecule has 3 aromatic rings. The van der Waals surface area contributed by atoms with Gasteiger partial charge in [-0.25, -0.2) is 4.98 Å². The monoisotopic (exact) mass is 310 g/mol. The van der Waals surface area contributed by atoms with Gasteiger partial charge in [0.1, 0.15) is 11.5 Å². The van der Waals surface area contributed by atoms with Crippen LogP contribution in [-0.2, 0) is 13.6 Å². The van der Waals surface area contributed by atoms with E-state index in [1.165, 1.54) is 19.3 Å². The number of aromatic nitrogens is 5. The van der Waals surface area contributed by atoms with E-state index in [1.807, 2.05) is 34.3 Å². The van der Waals surface area contributed by atoms with E-state index in [0.717, 1.165) is 17.2 Å². The Bertz CT molecular complexity index is 860. The van der Waals surface area contributed by atoms with E-state index in [4.69, 9.17) is 0 Å². The van der Waals surface area contributed by atoms with E-state index in [9.17, 15) is 4.79 Å². The van der Waals surface area contributed by atoms with Gasteiger partial charge in [-0.3, -0.25) is 4.79 Å². The lowest BCUT2D eigenvalue weighted by atomic mass is 9.85. The molecule has 118 valence electrons. The second-order valence-corrected chi connectivity index (χ2v) is 5.96. The van der Waals surface area contributed by atoms with Crippen LogP contribution in [0.25, 0.3) is 5.52 Å². The molecule has 23 heavy (non-hydrogen) atoms. The third-order valence-electron chi connectivity index (χ3n) is 4.53. The maximum atomic E-state index is 12.3. The highest BCUT2D eigenvalue weighted by molar-refractivity contribution is 5.93. The maximum Gasteiger partial charge on any atom is 0.270 e. The first kappa shape index (κ1) is 13.9. The van der Waals surface area contributed by atoms with Crippen LogP contribution in [0.15, 0.2) is 30.7 Å². The largest absolute Gasteiger partial charge is 0.343 e. The number of hydrogen-bond acceptors (Lipinski definition) is 4. The summed E-state index contributed by atoms with van der Waals surface area (Å²) in [5.41, 5.74) is 1.34. The van der Waals surface area contributed by atoms with E-state index in [2.05, 4.69) is 20.5 Å². The van der Waals surface area contributed by atoms with Gasteiger partial charge in [0.05, 0.1) is 12.9 Å². The van der Waals surface area contributed by atoms with Crippen LogP contribution < -0.4 is 5.32 Å². The summed E-state index contributed by atoms with van der Waals surface area (Å²) in [6.07, 6.45) is 7.16. The van der Waals surface area contributed by atoms with Crippen LogP contribution in [0, 0.1) is 0 Å². The van der Waals surface area contributed by atoms with E-state index in [-0.39, 0.29) is 5.91 Å². The molecule has 0 atom stereocenters. The summed E-state index contributed by atoms with van der Waals surface area (Å²) < 4.78 is 3.86. The molecule has 0 aliphatic heterocycles. The molecule has 1 fully saturated rings. The molecule has 1 amide bonds. The van der Waals surface area contributed by atoms with Gasteiger partial charge in [-0.05, 0) is 31.0 Å². The predicted octanol–water partition coefficient (Wildman–Crippen LogP) is 1.66. The number of carbonyl (C=O) groups is 1. The number of amides is 1. The Labute approximate surface area is 133 Å². The summed E-state index contributed by atoms with van der Waals surface area (Å²) in [6.45, 7) is 0.350. The molecule has 0 aromatic carbocycles. The van der Waals surface area contributed by atoms with Gasteiger partial charge in [0.25, 0.3) is 5.91 Å². The SMILES string of the molecule is Cn1c(CNC(=O)c2cc3cccn3cn2)nnc1C1CCC1. The van der Waals surface area contributed by atoms with E-state index < -0.39 is 0 Å². The first-order valence-corrected chi connectivity index (χ1v) is 7.81. The van der Waals surface area contributed by atoms with Crippen LogP contribution in [0.5, 0.6) is 0 Å². The molecule has 0 unspecified atom stereocenters. The fraction of sp³-hybridized carbons (Fsp3) is 0.375. The van der Waals surface area contributed by atoms with Crippen LogP contribution in [0.2, 0.25) is 0 Å². The zero-order valence-corrected chi connectivity index (χ0v) is 12.9. The highest BCUT2D eigenvalue weighted by atomic mass is 16.1. The minimum absolute atomic E-state index is 0.207. The minimum atomic E-state index is -0.207. The zero-order chi connectivity index (χ0) is 15.8. The van der Waals surface area contributed by atoms with Crippen molar-refractivity contribution in [2.24, 2.45) is 7.05 Å². The molecule has 3 heterocycles. The summed E-state index contributed by atoms with van der Waals surface area (Å²) in [4.78, 5) is 16.4. The molecular formula is C16H18N6O. The van der Waals surface area contributed by atoms with Crippen molar-refractivity contribution >= 4 is 11.4 Å². The smallest absolute Gasteiger partial charge is 0.270 e. The lowest BCUT2D eigenvalue weighted by Gasteiger charge is -2.24. The van der Waals surface area contributed by atoms with Crippen molar-refractivity contribution in [3.8, 4) is 0 Å². The van der Waals surface area contributed by atoms with Gasteiger partial charge in [0.2, 0.25) is 0 Å². The molecule has 1 aliphatic carbocycles. The Kier molecular flexibility index (Phi) is 3.33. The number of rotatable bonds is 4. The standard InChI is InChI=1S/C16H18N6O/c1-21-14(19-20-15(21)11-4-2-5-11)9-17-16(23)13-8-12-6-3-7-22(12)10-18-13/h3,6-8,10-11H,2,4-5,9H2,1H3,(H,17,23). The minimum Gasteiger partial charge on any atom is -0.343 e. The van der Waals surface area contributed by atoms with Crippen LogP contribution >= 0.6 is 0 Å². The first-order chi connectivity index (χ1) is 11.2. The fourth-order valence-electron chi connectivity index (χ4n) is 2.86. The summed E-state index contributed by atoms with van der Waals surface area (Å²) in [6, 6.07) is 5.62. The van der Waals surface area contributed by atoms with Gasteiger partial charge >= 0.3 is 0 Å². The molecule has 1 saturated carbocycles. The van der Waals surface area contributed by atoms with Crippen LogP contribution in [-0.4, -0.2) is 30.1 Å². The summed E-state index contributed by atoms with van der Waals surface area (Å²) >= 11 is 0. The molecule has 1 N–H and O–H groups in total. The molecule has 0 saturated heterocycles. The van der Waals surface area contributed by atoms with Crippen molar-refractivity contribution in [3.05, 3.63) is 48.1 Å². The van der Waals surface area contributed by atoms with Crippen molar-refractivity contribution in [2.45, 2.75) is 31.7 Å². The molecule has 0 radical (unpaired) electrons. The van der Waals surface area contributed by atoms with Crippen molar-refractivity contribution in [1.29, 1.82) is 0 Å². The Morgan fingerprint density at radius 3 is 3.04 bits per heavy atom. The normalized spacial score (nSPS) is 14.8. The Balaban J connectivity index is 1.45. The molecule has 1 aliphatic rings. The van der Waals surface area contributed by atoms with Gasteiger partial charge in [-0.15, -0.1) is 10.2 Å². The lowest BCUT2D eigenvalue weighted by Crippen LogP contribution is -2.25. The topological polar surface area (TPSA) is 77.1 Å². The molecule has 3 aromatic heterocycles. The van der Waals surface area contributed by atoms with Crippen LogP contribution in [0.4, 0.5) is 0 Å². The van der Waals surface area contributed by atoms with E-state index >= 15 is 0 Å². The summed E-state index contributed by atoms with van der Waals surface area (Å²) in [5, 5.41) is 11.3. The second kappa shape index (κ2) is 5.49. The number of nitrogens with one attached hydrogen (secondary N) is 1. The van der Waals surface area contributed by atoms with Gasteiger partial charge in [-0.1, -0.05) is 6.42 Å². The van der Waals surface area contributed by atoms with E-state index in [0.29, 0.717) is 18.2 Å². The van der Waals surface area contributed by atoms with Crippen molar-refractivity contribution in [1.82, 2.24) is 29.5 Å². The number of fused-ring (bicyclic) bond motifs is 1. The molecule has 0 spiro atoms. The van der Waals surface area contributed by atoms with Crippen molar-refractivity contribution < 1.29 is 4.79 Å². The summed E-state index contributed by atoms with van der Waals surface area (Å²) in [5.74, 6) is 2.11. The average molecular weight is 310 g/mol. The third-order valence-corrected chi connectivity index (χ3v) is 4.53. The Morgan fingerprint density at radius 1 is 1.39 bits per heavy atom. The fourth-order valence-corrected chi connectivity index (χ4v) is 2.86. The summed E-state index contributed by atoms with van der Waals surface area (Å²) in [7, 11) is 1.96. The van der Waals surface area contributed by atoms with Crippen LogP contribution in [0.1, 0.15) is 47.3 Å². The van der Waals surface area contributed by atoms with Crippen molar-refractivity contribution in [3.63, 3.8) is 0 Å². The van der Waals surface area contributed by atoms with Crippen LogP contribution in [0.3, 0.4) is 0 Å². The number of carbonyl (C=O) groups excluding carboxylic acids is 1. The number of nitrogens with zero attached hydrogens (tertiary/aromatic N) is 5. The Hall–Kier alpha value is -2.70. The highest BCUT2D eigenvalue weighted by Gasteiger charge is 2.25. The quantitative estimate of drug-likeness (QED) is 0.795.